The lowest BCUT2D eigenvalue weighted by Gasteiger charge is -2.09. The van der Waals surface area contributed by atoms with Crippen LogP contribution >= 0.6 is 15.9 Å². The molecule has 0 aliphatic rings. The molecule has 0 saturated carbocycles. The first-order valence-electron chi connectivity index (χ1n) is 6.17. The first kappa shape index (κ1) is 15.1. The van der Waals surface area contributed by atoms with Crippen molar-refractivity contribution in [3.05, 3.63) is 63.6 Å². The van der Waals surface area contributed by atoms with Gasteiger partial charge in [0, 0.05) is 15.7 Å². The van der Waals surface area contributed by atoms with Crippen LogP contribution in [0.25, 0.3) is 0 Å². The van der Waals surface area contributed by atoms with Crippen LogP contribution in [-0.4, -0.2) is 17.0 Å². The number of hydrogen-bond acceptors (Lipinski definition) is 3. The Morgan fingerprint density at radius 2 is 1.90 bits per heavy atom. The summed E-state index contributed by atoms with van der Waals surface area (Å²) in [5.74, 6) is -0.184. The second-order valence-electron chi connectivity index (χ2n) is 4.45. The summed E-state index contributed by atoms with van der Waals surface area (Å²) < 4.78 is 0.774. The summed E-state index contributed by atoms with van der Waals surface area (Å²) in [6.07, 6.45) is 0. The number of nitrogens with zero attached hydrogens (tertiary/aromatic N) is 1. The fourth-order valence-electron chi connectivity index (χ4n) is 1.80. The average molecular weight is 348 g/mol. The van der Waals surface area contributed by atoms with E-state index < -0.39 is 0 Å². The molecule has 0 radical (unpaired) electrons. The molecule has 5 nitrogen and oxygen atoms in total. The Morgan fingerprint density at radius 1 is 1.24 bits per heavy atom. The number of nitrogens with two attached hydrogens (primary N) is 1. The molecule has 0 saturated heterocycles. The highest BCUT2D eigenvalue weighted by Gasteiger charge is 2.11. The summed E-state index contributed by atoms with van der Waals surface area (Å²) in [6.45, 7) is 1.92. The van der Waals surface area contributed by atoms with Crippen LogP contribution in [0.2, 0.25) is 0 Å². The lowest BCUT2D eigenvalue weighted by molar-refractivity contribution is 0.102. The lowest BCUT2D eigenvalue weighted by atomic mass is 10.1. The number of nitrogens with one attached hydrogen (secondary N) is 1. The van der Waals surface area contributed by atoms with Crippen LogP contribution < -0.4 is 11.1 Å². The van der Waals surface area contributed by atoms with Crippen molar-refractivity contribution in [2.75, 3.05) is 5.32 Å². The summed E-state index contributed by atoms with van der Waals surface area (Å²) in [4.78, 5) is 12.2. The molecule has 0 spiro atoms. The first-order valence-corrected chi connectivity index (χ1v) is 6.96. The minimum atomic E-state index is -0.206. The number of oxime groups is 1. The largest absolute Gasteiger partial charge is 0.409 e. The zero-order valence-electron chi connectivity index (χ0n) is 11.3. The van der Waals surface area contributed by atoms with Gasteiger partial charge in [-0.2, -0.15) is 0 Å². The SMILES string of the molecule is Cc1cccc(C(=O)Nc2ccc(/C(N)=N/O)cc2)c1Br. The Morgan fingerprint density at radius 3 is 2.52 bits per heavy atom. The molecular formula is C15H14BrN3O2. The van der Waals surface area contributed by atoms with Crippen molar-refractivity contribution in [3.63, 3.8) is 0 Å². The van der Waals surface area contributed by atoms with Crippen molar-refractivity contribution < 1.29 is 10.0 Å². The molecular weight excluding hydrogens is 334 g/mol. The summed E-state index contributed by atoms with van der Waals surface area (Å²) in [7, 11) is 0. The molecule has 0 heterocycles. The first-order chi connectivity index (χ1) is 10.0. The smallest absolute Gasteiger partial charge is 0.256 e. The third-order valence-corrected chi connectivity index (χ3v) is 4.04. The second kappa shape index (κ2) is 6.41. The molecule has 6 heteroatoms. The quantitative estimate of drug-likeness (QED) is 0.345. The van der Waals surface area contributed by atoms with E-state index in [1.807, 2.05) is 19.1 Å². The second-order valence-corrected chi connectivity index (χ2v) is 5.25. The molecule has 1 amide bonds. The Bertz CT molecular complexity index is 697. The maximum atomic E-state index is 12.2. The van der Waals surface area contributed by atoms with Crippen LogP contribution in [-0.2, 0) is 0 Å². The molecule has 0 aliphatic heterocycles. The molecule has 2 rings (SSSR count). The van der Waals surface area contributed by atoms with Gasteiger partial charge in [-0.25, -0.2) is 0 Å². The molecule has 108 valence electrons. The third-order valence-electron chi connectivity index (χ3n) is 2.98. The van der Waals surface area contributed by atoms with Gasteiger partial charge < -0.3 is 16.3 Å². The lowest BCUT2D eigenvalue weighted by Crippen LogP contribution is -2.14. The highest BCUT2D eigenvalue weighted by molar-refractivity contribution is 9.10. The molecule has 0 aliphatic carbocycles. The normalized spacial score (nSPS) is 11.2. The Kier molecular flexibility index (Phi) is 4.59. The number of carbonyl (C=O) groups excluding carboxylic acids is 1. The van der Waals surface area contributed by atoms with Gasteiger partial charge in [0.1, 0.15) is 0 Å². The van der Waals surface area contributed by atoms with Gasteiger partial charge in [-0.3, -0.25) is 4.79 Å². The molecule has 2 aromatic carbocycles. The summed E-state index contributed by atoms with van der Waals surface area (Å²) in [6, 6.07) is 12.2. The fourth-order valence-corrected chi connectivity index (χ4v) is 2.25. The van der Waals surface area contributed by atoms with Crippen LogP contribution in [0.5, 0.6) is 0 Å². The van der Waals surface area contributed by atoms with Crippen molar-refractivity contribution in [1.29, 1.82) is 0 Å². The zero-order valence-corrected chi connectivity index (χ0v) is 12.9. The van der Waals surface area contributed by atoms with Crippen LogP contribution in [0, 0.1) is 6.92 Å². The Hall–Kier alpha value is -2.34. The van der Waals surface area contributed by atoms with Crippen molar-refractivity contribution in [1.82, 2.24) is 0 Å². The van der Waals surface area contributed by atoms with Crippen LogP contribution in [0.1, 0.15) is 21.5 Å². The predicted octanol–water partition coefficient (Wildman–Crippen LogP) is 3.10. The third kappa shape index (κ3) is 3.41. The standard InChI is InChI=1S/C15H14BrN3O2/c1-9-3-2-4-12(13(9)16)15(20)18-11-7-5-10(6-8-11)14(17)19-21/h2-8,21H,1H3,(H2,17,19)(H,18,20). The number of carbonyl (C=O) groups is 1. The molecule has 0 unspecified atom stereocenters. The summed E-state index contributed by atoms with van der Waals surface area (Å²) >= 11 is 3.41. The van der Waals surface area contributed by atoms with E-state index in [4.69, 9.17) is 10.9 Å². The summed E-state index contributed by atoms with van der Waals surface area (Å²) in [5, 5.41) is 14.3. The van der Waals surface area contributed by atoms with Crippen molar-refractivity contribution >= 4 is 33.4 Å². The zero-order chi connectivity index (χ0) is 15.4. The van der Waals surface area contributed by atoms with Gasteiger partial charge in [0.05, 0.1) is 5.56 Å². The van der Waals surface area contributed by atoms with E-state index in [9.17, 15) is 4.79 Å². The van der Waals surface area contributed by atoms with Gasteiger partial charge >= 0.3 is 0 Å². The van der Waals surface area contributed by atoms with Gasteiger partial charge in [-0.15, -0.1) is 0 Å². The maximum absolute atomic E-state index is 12.2. The molecule has 4 N–H and O–H groups in total. The minimum Gasteiger partial charge on any atom is -0.409 e. The van der Waals surface area contributed by atoms with E-state index >= 15 is 0 Å². The van der Waals surface area contributed by atoms with Gasteiger partial charge in [0.2, 0.25) is 0 Å². The minimum absolute atomic E-state index is 0.0225. The molecule has 0 bridgehead atoms. The number of halogens is 1. The summed E-state index contributed by atoms with van der Waals surface area (Å²) in [5.41, 5.74) is 8.24. The highest BCUT2D eigenvalue weighted by atomic mass is 79.9. The van der Waals surface area contributed by atoms with Gasteiger partial charge in [-0.05, 0) is 58.7 Å². The van der Waals surface area contributed by atoms with Gasteiger partial charge in [-0.1, -0.05) is 17.3 Å². The maximum Gasteiger partial charge on any atom is 0.256 e. The van der Waals surface area contributed by atoms with E-state index in [1.54, 1.807) is 30.3 Å². The van der Waals surface area contributed by atoms with Crippen LogP contribution in [0.3, 0.4) is 0 Å². The predicted molar refractivity (Wildman–Crippen MR) is 85.8 cm³/mol. The number of aryl methyl sites for hydroxylation is 1. The van der Waals surface area contributed by atoms with Gasteiger partial charge in [0.25, 0.3) is 5.91 Å². The molecule has 0 aromatic heterocycles. The van der Waals surface area contributed by atoms with Crippen molar-refractivity contribution in [2.24, 2.45) is 10.9 Å². The number of benzene rings is 2. The van der Waals surface area contributed by atoms with E-state index in [0.29, 0.717) is 16.8 Å². The van der Waals surface area contributed by atoms with E-state index in [-0.39, 0.29) is 11.7 Å². The average Bonchev–Trinajstić information content (AvgIpc) is 2.50. The fraction of sp³-hybridized carbons (Fsp3) is 0.0667. The molecule has 21 heavy (non-hydrogen) atoms. The van der Waals surface area contributed by atoms with E-state index in [0.717, 1.165) is 10.0 Å². The van der Waals surface area contributed by atoms with E-state index in [2.05, 4.69) is 26.4 Å². The Labute approximate surface area is 130 Å². The van der Waals surface area contributed by atoms with Crippen LogP contribution in [0.15, 0.2) is 52.1 Å². The topological polar surface area (TPSA) is 87.7 Å². The number of amides is 1. The van der Waals surface area contributed by atoms with Crippen LogP contribution in [0.4, 0.5) is 5.69 Å². The molecule has 0 atom stereocenters. The highest BCUT2D eigenvalue weighted by Crippen LogP contribution is 2.22. The van der Waals surface area contributed by atoms with E-state index in [1.165, 1.54) is 0 Å². The van der Waals surface area contributed by atoms with Gasteiger partial charge in [0.15, 0.2) is 5.84 Å². The molecule has 2 aromatic rings. The number of hydrogen-bond donors (Lipinski definition) is 3. The van der Waals surface area contributed by atoms with Crippen molar-refractivity contribution in [3.8, 4) is 0 Å². The molecule has 0 fully saturated rings. The number of amidine groups is 1. The number of rotatable bonds is 3. The Balaban J connectivity index is 2.18. The number of anilines is 1. The van der Waals surface area contributed by atoms with Crippen molar-refractivity contribution in [2.45, 2.75) is 6.92 Å². The monoisotopic (exact) mass is 347 g/mol.